The van der Waals surface area contributed by atoms with E-state index in [1.165, 1.54) is 25.7 Å². The highest BCUT2D eigenvalue weighted by Crippen LogP contribution is 2.32. The molecule has 1 aromatic heterocycles. The Hall–Kier alpha value is -3.08. The van der Waals surface area contributed by atoms with Gasteiger partial charge in [-0.1, -0.05) is 56.0 Å². The Kier molecular flexibility index (Phi) is 5.94. The highest BCUT2D eigenvalue weighted by Gasteiger charge is 2.23. The average Bonchev–Trinajstić information content (AvgIpc) is 3.06. The van der Waals surface area contributed by atoms with Gasteiger partial charge in [0.2, 0.25) is 0 Å². The second kappa shape index (κ2) is 8.95. The summed E-state index contributed by atoms with van der Waals surface area (Å²) in [7, 11) is 1.64. The van der Waals surface area contributed by atoms with Crippen LogP contribution >= 0.6 is 0 Å². The van der Waals surface area contributed by atoms with E-state index < -0.39 is 0 Å². The van der Waals surface area contributed by atoms with Crippen LogP contribution in [0.2, 0.25) is 0 Å². The Morgan fingerprint density at radius 2 is 1.69 bits per heavy atom. The molecule has 4 rings (SSSR count). The van der Waals surface area contributed by atoms with Gasteiger partial charge in [0.15, 0.2) is 0 Å². The summed E-state index contributed by atoms with van der Waals surface area (Å²) in [5, 5.41) is 8.02. The number of para-hydroxylation sites is 2. The number of benzene rings is 2. The van der Waals surface area contributed by atoms with Crippen LogP contribution in [0.3, 0.4) is 0 Å². The first-order chi connectivity index (χ1) is 14.3. The largest absolute Gasteiger partial charge is 0.496 e. The molecule has 0 spiro atoms. The van der Waals surface area contributed by atoms with E-state index in [9.17, 15) is 4.79 Å². The minimum atomic E-state index is -0.0695. The van der Waals surface area contributed by atoms with E-state index in [0.717, 1.165) is 24.1 Å². The molecule has 1 aliphatic rings. The van der Waals surface area contributed by atoms with E-state index >= 15 is 0 Å². The molecule has 1 saturated carbocycles. The number of carbonyl (C=O) groups is 1. The number of hydrogen-bond acceptors (Lipinski definition) is 3. The third-order valence-corrected chi connectivity index (χ3v) is 5.53. The van der Waals surface area contributed by atoms with Crippen molar-refractivity contribution in [2.24, 2.45) is 0 Å². The predicted molar refractivity (Wildman–Crippen MR) is 115 cm³/mol. The van der Waals surface area contributed by atoms with Gasteiger partial charge >= 0.3 is 0 Å². The van der Waals surface area contributed by atoms with Crippen molar-refractivity contribution in [1.29, 1.82) is 0 Å². The Balaban J connectivity index is 1.72. The van der Waals surface area contributed by atoms with Gasteiger partial charge in [0.05, 0.1) is 18.4 Å². The monoisotopic (exact) mass is 389 g/mol. The fourth-order valence-electron chi connectivity index (χ4n) is 3.98. The van der Waals surface area contributed by atoms with Crippen LogP contribution in [0, 0.1) is 0 Å². The van der Waals surface area contributed by atoms with E-state index in [-0.39, 0.29) is 11.9 Å². The van der Waals surface area contributed by atoms with Crippen molar-refractivity contribution in [3.63, 3.8) is 0 Å². The van der Waals surface area contributed by atoms with Crippen molar-refractivity contribution >= 4 is 5.91 Å². The number of aromatic nitrogens is 2. The topological polar surface area (TPSA) is 56.2 Å². The SMILES string of the molecule is COc1ccccc1-c1nn(-c2ccccc2)cc1C(=O)NC1CCCCCC1. The number of ether oxygens (including phenoxy) is 1. The number of nitrogens with zero attached hydrogens (tertiary/aromatic N) is 2. The molecule has 0 saturated heterocycles. The molecule has 1 heterocycles. The van der Waals surface area contributed by atoms with Crippen molar-refractivity contribution in [2.45, 2.75) is 44.6 Å². The molecule has 0 unspecified atom stereocenters. The highest BCUT2D eigenvalue weighted by molar-refractivity contribution is 6.00. The van der Waals surface area contributed by atoms with Gasteiger partial charge in [-0.05, 0) is 37.1 Å². The maximum atomic E-state index is 13.3. The molecular formula is C24H27N3O2. The van der Waals surface area contributed by atoms with Crippen LogP contribution in [0.1, 0.15) is 48.9 Å². The lowest BCUT2D eigenvalue weighted by Gasteiger charge is -2.16. The first kappa shape index (κ1) is 19.2. The molecule has 1 fully saturated rings. The van der Waals surface area contributed by atoms with Crippen LogP contribution in [0.4, 0.5) is 0 Å². The molecule has 0 aliphatic heterocycles. The Bertz CT molecular complexity index is 957. The van der Waals surface area contributed by atoms with E-state index in [1.807, 2.05) is 60.8 Å². The second-order valence-corrected chi connectivity index (χ2v) is 7.53. The van der Waals surface area contributed by atoms with Gasteiger partial charge in [0.25, 0.3) is 5.91 Å². The minimum Gasteiger partial charge on any atom is -0.496 e. The van der Waals surface area contributed by atoms with Gasteiger partial charge in [-0.25, -0.2) is 4.68 Å². The van der Waals surface area contributed by atoms with Gasteiger partial charge < -0.3 is 10.1 Å². The molecule has 1 N–H and O–H groups in total. The third-order valence-electron chi connectivity index (χ3n) is 5.53. The number of rotatable bonds is 5. The molecule has 0 atom stereocenters. The third kappa shape index (κ3) is 4.34. The summed E-state index contributed by atoms with van der Waals surface area (Å²) in [6, 6.07) is 17.8. The molecule has 5 nitrogen and oxygen atoms in total. The van der Waals surface area contributed by atoms with Gasteiger partial charge in [0, 0.05) is 17.8 Å². The zero-order valence-electron chi connectivity index (χ0n) is 16.8. The number of hydrogen-bond donors (Lipinski definition) is 1. The molecule has 1 aliphatic carbocycles. The van der Waals surface area contributed by atoms with Crippen molar-refractivity contribution in [3.8, 4) is 22.7 Å². The zero-order chi connectivity index (χ0) is 20.1. The summed E-state index contributed by atoms with van der Waals surface area (Å²) in [6.07, 6.45) is 8.77. The second-order valence-electron chi connectivity index (χ2n) is 7.53. The zero-order valence-corrected chi connectivity index (χ0v) is 16.8. The molecular weight excluding hydrogens is 362 g/mol. The van der Waals surface area contributed by atoms with E-state index in [2.05, 4.69) is 5.32 Å². The van der Waals surface area contributed by atoms with Crippen molar-refractivity contribution in [2.75, 3.05) is 7.11 Å². The quantitative estimate of drug-likeness (QED) is 0.625. The molecule has 3 aromatic rings. The maximum Gasteiger partial charge on any atom is 0.255 e. The summed E-state index contributed by atoms with van der Waals surface area (Å²) >= 11 is 0. The fourth-order valence-corrected chi connectivity index (χ4v) is 3.98. The first-order valence-electron chi connectivity index (χ1n) is 10.4. The lowest BCUT2D eigenvalue weighted by molar-refractivity contribution is 0.0934. The van der Waals surface area contributed by atoms with Gasteiger partial charge in [0.1, 0.15) is 11.4 Å². The molecule has 5 heteroatoms. The Morgan fingerprint density at radius 1 is 1.00 bits per heavy atom. The van der Waals surface area contributed by atoms with Crippen LogP contribution < -0.4 is 10.1 Å². The standard InChI is InChI=1S/C24H27N3O2/c1-29-22-16-10-9-15-20(22)23-21(17-27(26-23)19-13-7-4-8-14-19)24(28)25-18-11-5-2-3-6-12-18/h4,7-10,13-18H,2-3,5-6,11-12H2,1H3,(H,25,28). The van der Waals surface area contributed by atoms with Gasteiger partial charge in [-0.15, -0.1) is 0 Å². The number of amides is 1. The first-order valence-corrected chi connectivity index (χ1v) is 10.4. The summed E-state index contributed by atoms with van der Waals surface area (Å²) in [6.45, 7) is 0. The molecule has 29 heavy (non-hydrogen) atoms. The molecule has 2 aromatic carbocycles. The van der Waals surface area contributed by atoms with Gasteiger partial charge in [-0.2, -0.15) is 5.10 Å². The minimum absolute atomic E-state index is 0.0695. The highest BCUT2D eigenvalue weighted by atomic mass is 16.5. The summed E-state index contributed by atoms with van der Waals surface area (Å²) in [5.74, 6) is 0.634. The van der Waals surface area contributed by atoms with Crippen LogP contribution in [0.5, 0.6) is 5.75 Å². The smallest absolute Gasteiger partial charge is 0.255 e. The molecule has 1 amide bonds. The maximum absolute atomic E-state index is 13.3. The molecule has 0 radical (unpaired) electrons. The Morgan fingerprint density at radius 3 is 2.41 bits per heavy atom. The Labute approximate surface area is 171 Å². The number of carbonyl (C=O) groups excluding carboxylic acids is 1. The normalized spacial score (nSPS) is 14.9. The van der Waals surface area contributed by atoms with Crippen molar-refractivity contribution < 1.29 is 9.53 Å². The van der Waals surface area contributed by atoms with Crippen LogP contribution in [-0.2, 0) is 0 Å². The lowest BCUT2D eigenvalue weighted by atomic mass is 10.0. The summed E-state index contributed by atoms with van der Waals surface area (Å²) in [4.78, 5) is 13.3. The fraction of sp³-hybridized carbons (Fsp3) is 0.333. The van der Waals surface area contributed by atoms with Crippen molar-refractivity contribution in [3.05, 3.63) is 66.4 Å². The molecule has 150 valence electrons. The van der Waals surface area contributed by atoms with Crippen LogP contribution in [0.15, 0.2) is 60.8 Å². The van der Waals surface area contributed by atoms with Gasteiger partial charge in [-0.3, -0.25) is 4.79 Å². The van der Waals surface area contributed by atoms with E-state index in [4.69, 9.17) is 9.84 Å². The van der Waals surface area contributed by atoms with Crippen molar-refractivity contribution in [1.82, 2.24) is 15.1 Å². The average molecular weight is 389 g/mol. The van der Waals surface area contributed by atoms with Crippen LogP contribution in [0.25, 0.3) is 16.9 Å². The number of nitrogens with one attached hydrogen (secondary N) is 1. The summed E-state index contributed by atoms with van der Waals surface area (Å²) in [5.41, 5.74) is 2.94. The summed E-state index contributed by atoms with van der Waals surface area (Å²) < 4.78 is 7.30. The predicted octanol–water partition coefficient (Wildman–Crippen LogP) is 5.00. The van der Waals surface area contributed by atoms with E-state index in [1.54, 1.807) is 11.8 Å². The number of methoxy groups -OCH3 is 1. The molecule has 0 bridgehead atoms. The van der Waals surface area contributed by atoms with Crippen LogP contribution in [-0.4, -0.2) is 28.8 Å². The van der Waals surface area contributed by atoms with E-state index in [0.29, 0.717) is 17.0 Å². The lowest BCUT2D eigenvalue weighted by Crippen LogP contribution is -2.34.